The molecule has 0 amide bonds. The number of hydrogen-bond acceptors (Lipinski definition) is 6. The van der Waals surface area contributed by atoms with Gasteiger partial charge in [0.05, 0.1) is 33.0 Å². The van der Waals surface area contributed by atoms with Crippen LogP contribution >= 0.6 is 7.60 Å². The monoisotopic (exact) mass is 329 g/mol. The Bertz CT molecular complexity index is 510. The summed E-state index contributed by atoms with van der Waals surface area (Å²) in [7, 11) is -1.75. The number of carbonyl (C=O) groups is 1. The average molecular weight is 329 g/mol. The second-order valence-corrected chi connectivity index (χ2v) is 6.66. The number of hydrogen-bond donors (Lipinski definition) is 1. The maximum atomic E-state index is 12.5. The number of nitrogens with one attached hydrogen (secondary N) is 1. The largest absolute Gasteiger partial charge is 0.468 e. The highest BCUT2D eigenvalue weighted by Crippen LogP contribution is 2.51. The van der Waals surface area contributed by atoms with E-state index in [2.05, 4.69) is 10.1 Å². The summed E-state index contributed by atoms with van der Waals surface area (Å²) in [6.45, 7) is 4.95. The molecular weight excluding hydrogens is 305 g/mol. The Morgan fingerprint density at radius 3 is 2.41 bits per heavy atom. The van der Waals surface area contributed by atoms with Crippen LogP contribution in [0.5, 0.6) is 0 Å². The third-order valence-electron chi connectivity index (χ3n) is 2.85. The second kappa shape index (κ2) is 9.74. The molecular formula is C15H24NO5P. The lowest BCUT2D eigenvalue weighted by molar-refractivity contribution is -0.139. The van der Waals surface area contributed by atoms with Crippen molar-refractivity contribution in [1.29, 1.82) is 0 Å². The van der Waals surface area contributed by atoms with Crippen LogP contribution in [0.15, 0.2) is 24.3 Å². The van der Waals surface area contributed by atoms with Crippen molar-refractivity contribution in [3.8, 4) is 0 Å². The Morgan fingerprint density at radius 2 is 1.82 bits per heavy atom. The third kappa shape index (κ3) is 6.71. The Morgan fingerprint density at radius 1 is 1.18 bits per heavy atom. The van der Waals surface area contributed by atoms with E-state index in [1.54, 1.807) is 13.8 Å². The summed E-state index contributed by atoms with van der Waals surface area (Å²) in [5.41, 5.74) is 1.86. The highest BCUT2D eigenvalue weighted by Gasteiger charge is 2.23. The molecule has 1 aromatic carbocycles. The first kappa shape index (κ1) is 18.8. The van der Waals surface area contributed by atoms with Crippen LogP contribution in [0.25, 0.3) is 0 Å². The number of benzene rings is 1. The van der Waals surface area contributed by atoms with Gasteiger partial charge in [-0.25, -0.2) is 0 Å². The van der Waals surface area contributed by atoms with Crippen LogP contribution in [0, 0.1) is 0 Å². The number of ether oxygens (including phenoxy) is 1. The lowest BCUT2D eigenvalue weighted by atomic mass is 10.1. The zero-order valence-corrected chi connectivity index (χ0v) is 14.2. The molecule has 1 rings (SSSR count). The van der Waals surface area contributed by atoms with Gasteiger partial charge in [-0.1, -0.05) is 24.3 Å². The molecule has 0 heterocycles. The maximum Gasteiger partial charge on any atom is 0.335 e. The Hall–Kier alpha value is -1.20. The molecule has 0 aliphatic carbocycles. The smallest absolute Gasteiger partial charge is 0.335 e. The fourth-order valence-electron chi connectivity index (χ4n) is 1.96. The molecule has 0 aliphatic heterocycles. The van der Waals surface area contributed by atoms with Gasteiger partial charge in [-0.2, -0.15) is 0 Å². The molecule has 6 nitrogen and oxygen atoms in total. The van der Waals surface area contributed by atoms with Crippen molar-refractivity contribution in [2.24, 2.45) is 0 Å². The van der Waals surface area contributed by atoms with E-state index in [1.165, 1.54) is 7.11 Å². The SMILES string of the molecule is CCOP(=O)(Cc1cccc(CNCC(=O)OC)c1)OCC. The summed E-state index contributed by atoms with van der Waals surface area (Å²) in [5, 5.41) is 2.99. The van der Waals surface area contributed by atoms with Gasteiger partial charge < -0.3 is 19.1 Å². The van der Waals surface area contributed by atoms with Crippen LogP contribution in [0.4, 0.5) is 0 Å². The number of carbonyl (C=O) groups excluding carboxylic acids is 1. The van der Waals surface area contributed by atoms with Crippen LogP contribution in [0.2, 0.25) is 0 Å². The standard InChI is InChI=1S/C15H24NO5P/c1-4-20-22(18,21-5-2)12-14-8-6-7-13(9-14)10-16-11-15(17)19-3/h6-9,16H,4-5,10-12H2,1-3H3. The van der Waals surface area contributed by atoms with Crippen molar-refractivity contribution in [2.45, 2.75) is 26.6 Å². The molecule has 0 aromatic heterocycles. The van der Waals surface area contributed by atoms with Gasteiger partial charge in [0, 0.05) is 6.54 Å². The molecule has 1 aromatic rings. The molecule has 1 N–H and O–H groups in total. The lowest BCUT2D eigenvalue weighted by Crippen LogP contribution is -2.23. The molecule has 0 unspecified atom stereocenters. The van der Waals surface area contributed by atoms with E-state index in [0.717, 1.165) is 11.1 Å². The van der Waals surface area contributed by atoms with E-state index in [9.17, 15) is 9.36 Å². The Kier molecular flexibility index (Phi) is 8.35. The van der Waals surface area contributed by atoms with Gasteiger partial charge in [0.2, 0.25) is 0 Å². The summed E-state index contributed by atoms with van der Waals surface area (Å²) >= 11 is 0. The quantitative estimate of drug-likeness (QED) is 0.525. The minimum atomic E-state index is -3.10. The highest BCUT2D eigenvalue weighted by atomic mass is 31.2. The van der Waals surface area contributed by atoms with Crippen molar-refractivity contribution in [2.75, 3.05) is 26.9 Å². The summed E-state index contributed by atoms with van der Waals surface area (Å²) in [6.07, 6.45) is 0.236. The second-order valence-electron chi connectivity index (χ2n) is 4.60. The molecule has 0 fully saturated rings. The maximum absolute atomic E-state index is 12.5. The van der Waals surface area contributed by atoms with Crippen LogP contribution < -0.4 is 5.32 Å². The predicted octanol–water partition coefficient (Wildman–Crippen LogP) is 2.72. The van der Waals surface area contributed by atoms with Crippen LogP contribution in [-0.4, -0.2) is 32.8 Å². The van der Waals surface area contributed by atoms with Gasteiger partial charge in [0.15, 0.2) is 0 Å². The average Bonchev–Trinajstić information content (AvgIpc) is 2.47. The van der Waals surface area contributed by atoms with Crippen molar-refractivity contribution in [3.05, 3.63) is 35.4 Å². The van der Waals surface area contributed by atoms with Crippen molar-refractivity contribution < 1.29 is 23.1 Å². The molecule has 0 radical (unpaired) electrons. The minimum Gasteiger partial charge on any atom is -0.468 e. The van der Waals surface area contributed by atoms with Crippen molar-refractivity contribution >= 4 is 13.6 Å². The predicted molar refractivity (Wildman–Crippen MR) is 84.7 cm³/mol. The molecule has 0 aliphatic rings. The number of methoxy groups -OCH3 is 1. The first-order chi connectivity index (χ1) is 10.5. The van der Waals surface area contributed by atoms with Gasteiger partial charge in [-0.05, 0) is 25.0 Å². The minimum absolute atomic E-state index is 0.150. The van der Waals surface area contributed by atoms with Gasteiger partial charge in [0.1, 0.15) is 0 Å². The van der Waals surface area contributed by atoms with Gasteiger partial charge in [-0.15, -0.1) is 0 Å². The first-order valence-corrected chi connectivity index (χ1v) is 8.99. The zero-order chi connectivity index (χ0) is 16.4. The molecule has 0 saturated carbocycles. The van der Waals surface area contributed by atoms with Crippen LogP contribution in [0.3, 0.4) is 0 Å². The highest BCUT2D eigenvalue weighted by molar-refractivity contribution is 7.53. The molecule has 7 heteroatoms. The number of esters is 1. The van der Waals surface area contributed by atoms with Crippen LogP contribution in [0.1, 0.15) is 25.0 Å². The lowest BCUT2D eigenvalue weighted by Gasteiger charge is -2.17. The molecule has 0 atom stereocenters. The fraction of sp³-hybridized carbons (Fsp3) is 0.533. The third-order valence-corrected chi connectivity index (χ3v) is 4.90. The summed E-state index contributed by atoms with van der Waals surface area (Å²) in [6, 6.07) is 7.62. The molecule has 0 bridgehead atoms. The molecule has 0 spiro atoms. The van der Waals surface area contributed by atoms with Gasteiger partial charge in [0.25, 0.3) is 0 Å². The molecule has 22 heavy (non-hydrogen) atoms. The summed E-state index contributed by atoms with van der Waals surface area (Å²) < 4.78 is 27.7. The fourth-order valence-corrected chi connectivity index (χ4v) is 3.65. The molecule has 0 saturated heterocycles. The van der Waals surface area contributed by atoms with Crippen LogP contribution in [-0.2, 0) is 35.9 Å². The summed E-state index contributed by atoms with van der Waals surface area (Å²) in [5.74, 6) is -0.312. The topological polar surface area (TPSA) is 73.9 Å². The van der Waals surface area contributed by atoms with Gasteiger partial charge >= 0.3 is 13.6 Å². The zero-order valence-electron chi connectivity index (χ0n) is 13.3. The number of rotatable bonds is 10. The van der Waals surface area contributed by atoms with E-state index in [1.807, 2.05) is 24.3 Å². The van der Waals surface area contributed by atoms with E-state index in [0.29, 0.717) is 19.8 Å². The van der Waals surface area contributed by atoms with Crippen molar-refractivity contribution in [3.63, 3.8) is 0 Å². The summed E-state index contributed by atoms with van der Waals surface area (Å²) in [4.78, 5) is 11.0. The van der Waals surface area contributed by atoms with E-state index >= 15 is 0 Å². The molecule has 124 valence electrons. The van der Waals surface area contributed by atoms with E-state index < -0.39 is 7.60 Å². The Balaban J connectivity index is 2.66. The Labute approximate surface area is 131 Å². The van der Waals surface area contributed by atoms with E-state index in [-0.39, 0.29) is 18.7 Å². The normalized spacial score (nSPS) is 11.4. The van der Waals surface area contributed by atoms with Crippen molar-refractivity contribution in [1.82, 2.24) is 5.32 Å². The van der Waals surface area contributed by atoms with Gasteiger partial charge in [-0.3, -0.25) is 9.36 Å². The first-order valence-electron chi connectivity index (χ1n) is 7.26. The van der Waals surface area contributed by atoms with E-state index in [4.69, 9.17) is 9.05 Å².